The van der Waals surface area contributed by atoms with E-state index in [2.05, 4.69) is 0 Å². The molecule has 5 unspecified atom stereocenters. The zero-order valence-corrected chi connectivity index (χ0v) is 13.5. The summed E-state index contributed by atoms with van der Waals surface area (Å²) >= 11 is 5.88. The summed E-state index contributed by atoms with van der Waals surface area (Å²) in [6.07, 6.45) is 0.816. The highest BCUT2D eigenvalue weighted by Gasteiger charge is 2.49. The maximum Gasteiger partial charge on any atom is 0.306 e. The van der Waals surface area contributed by atoms with Crippen LogP contribution in [0.4, 0.5) is 0 Å². The molecule has 0 bridgehead atoms. The van der Waals surface area contributed by atoms with E-state index in [4.69, 9.17) is 21.1 Å². The van der Waals surface area contributed by atoms with Gasteiger partial charge in [-0.05, 0) is 37.0 Å². The number of aliphatic hydroxyl groups excluding tert-OH is 2. The molecule has 2 fully saturated rings. The van der Waals surface area contributed by atoms with Gasteiger partial charge in [-0.1, -0.05) is 17.7 Å². The predicted octanol–water partition coefficient (Wildman–Crippen LogP) is 2.17. The third-order valence-electron chi connectivity index (χ3n) is 4.75. The van der Waals surface area contributed by atoms with Crippen molar-refractivity contribution in [2.24, 2.45) is 11.8 Å². The van der Waals surface area contributed by atoms with Crippen LogP contribution in [0.3, 0.4) is 0 Å². The molecule has 1 saturated heterocycles. The van der Waals surface area contributed by atoms with Gasteiger partial charge in [0.1, 0.15) is 18.5 Å². The molecule has 1 aromatic rings. The number of aliphatic hydroxyl groups is 2. The van der Waals surface area contributed by atoms with Crippen molar-refractivity contribution in [3.8, 4) is 5.75 Å². The maximum atomic E-state index is 11.3. The van der Waals surface area contributed by atoms with Crippen LogP contribution < -0.4 is 4.74 Å². The van der Waals surface area contributed by atoms with Crippen LogP contribution in [0.25, 0.3) is 0 Å². The molecular weight excluding hydrogens is 320 g/mol. The number of rotatable bonds is 6. The number of esters is 1. The minimum atomic E-state index is -0.627. The molecule has 1 aliphatic heterocycles. The molecular formula is C17H21ClO5. The van der Waals surface area contributed by atoms with E-state index in [1.165, 1.54) is 0 Å². The summed E-state index contributed by atoms with van der Waals surface area (Å²) in [5.41, 5.74) is 0. The van der Waals surface area contributed by atoms with E-state index in [0.29, 0.717) is 36.5 Å². The minimum absolute atomic E-state index is 0.00673. The summed E-state index contributed by atoms with van der Waals surface area (Å²) in [6, 6.07) is 7.02. The average Bonchev–Trinajstić information content (AvgIpc) is 2.98. The number of halogens is 1. The van der Waals surface area contributed by atoms with Gasteiger partial charge in [0.2, 0.25) is 0 Å². The number of benzene rings is 1. The van der Waals surface area contributed by atoms with E-state index in [9.17, 15) is 15.0 Å². The fourth-order valence-electron chi connectivity index (χ4n) is 3.60. The van der Waals surface area contributed by atoms with Gasteiger partial charge in [0.15, 0.2) is 0 Å². The van der Waals surface area contributed by atoms with Crippen LogP contribution in [0.15, 0.2) is 24.3 Å². The number of fused-ring (bicyclic) bond motifs is 1. The Hall–Kier alpha value is -1.30. The first-order valence-corrected chi connectivity index (χ1v) is 8.34. The van der Waals surface area contributed by atoms with E-state index in [-0.39, 0.29) is 30.5 Å². The molecule has 6 heteroatoms. The molecule has 1 heterocycles. The molecule has 0 spiro atoms. The van der Waals surface area contributed by atoms with E-state index in [1.54, 1.807) is 24.3 Å². The van der Waals surface area contributed by atoms with Crippen LogP contribution in [0.5, 0.6) is 5.75 Å². The summed E-state index contributed by atoms with van der Waals surface area (Å²) in [7, 11) is 0. The first-order valence-electron chi connectivity index (χ1n) is 7.97. The van der Waals surface area contributed by atoms with Crippen molar-refractivity contribution in [3.63, 3.8) is 0 Å². The smallest absolute Gasteiger partial charge is 0.306 e. The van der Waals surface area contributed by atoms with Crippen molar-refractivity contribution in [2.45, 2.75) is 44.0 Å². The molecule has 1 saturated carbocycles. The van der Waals surface area contributed by atoms with Gasteiger partial charge in [0, 0.05) is 17.4 Å². The fourth-order valence-corrected chi connectivity index (χ4v) is 3.78. The van der Waals surface area contributed by atoms with Crippen LogP contribution in [0, 0.1) is 11.8 Å². The van der Waals surface area contributed by atoms with Gasteiger partial charge >= 0.3 is 5.97 Å². The SMILES string of the molecule is O=C1CC2C(CC(O)C2CCC(O)COc2cccc(Cl)c2)O1. The third kappa shape index (κ3) is 3.97. The summed E-state index contributed by atoms with van der Waals surface area (Å²) in [4.78, 5) is 11.3. The number of carbonyl (C=O) groups is 1. The van der Waals surface area contributed by atoms with Gasteiger partial charge in [0.05, 0.1) is 18.6 Å². The van der Waals surface area contributed by atoms with Crippen molar-refractivity contribution >= 4 is 17.6 Å². The quantitative estimate of drug-likeness (QED) is 0.776. The molecule has 126 valence electrons. The minimum Gasteiger partial charge on any atom is -0.491 e. The molecule has 1 aromatic carbocycles. The second kappa shape index (κ2) is 7.07. The summed E-state index contributed by atoms with van der Waals surface area (Å²) < 4.78 is 10.7. The highest BCUT2D eigenvalue weighted by atomic mass is 35.5. The van der Waals surface area contributed by atoms with Crippen molar-refractivity contribution in [1.29, 1.82) is 0 Å². The molecule has 5 nitrogen and oxygen atoms in total. The second-order valence-electron chi connectivity index (χ2n) is 6.36. The Balaban J connectivity index is 1.45. The Bertz CT molecular complexity index is 564. The maximum absolute atomic E-state index is 11.3. The molecule has 1 aliphatic carbocycles. The van der Waals surface area contributed by atoms with Crippen LogP contribution in [0.2, 0.25) is 5.02 Å². The lowest BCUT2D eigenvalue weighted by molar-refractivity contribution is -0.141. The molecule has 2 aliphatic rings. The zero-order valence-electron chi connectivity index (χ0n) is 12.7. The van der Waals surface area contributed by atoms with Gasteiger partial charge in [0.25, 0.3) is 0 Å². The predicted molar refractivity (Wildman–Crippen MR) is 84.3 cm³/mol. The van der Waals surface area contributed by atoms with Crippen LogP contribution >= 0.6 is 11.6 Å². The first kappa shape index (κ1) is 16.6. The van der Waals surface area contributed by atoms with Crippen LogP contribution in [0.1, 0.15) is 25.7 Å². The molecule has 23 heavy (non-hydrogen) atoms. The van der Waals surface area contributed by atoms with E-state index in [0.717, 1.165) is 0 Å². The lowest BCUT2D eigenvalue weighted by atomic mass is 9.87. The number of hydrogen-bond donors (Lipinski definition) is 2. The zero-order chi connectivity index (χ0) is 16.4. The number of ether oxygens (including phenoxy) is 2. The third-order valence-corrected chi connectivity index (χ3v) is 4.99. The Morgan fingerprint density at radius 3 is 3.04 bits per heavy atom. The monoisotopic (exact) mass is 340 g/mol. The topological polar surface area (TPSA) is 76.0 Å². The van der Waals surface area contributed by atoms with E-state index < -0.39 is 12.2 Å². The van der Waals surface area contributed by atoms with Crippen molar-refractivity contribution in [2.75, 3.05) is 6.61 Å². The van der Waals surface area contributed by atoms with Crippen molar-refractivity contribution in [3.05, 3.63) is 29.3 Å². The lowest BCUT2D eigenvalue weighted by Gasteiger charge is -2.21. The Morgan fingerprint density at radius 2 is 2.26 bits per heavy atom. The van der Waals surface area contributed by atoms with Gasteiger partial charge < -0.3 is 19.7 Å². The van der Waals surface area contributed by atoms with Crippen molar-refractivity contribution < 1.29 is 24.5 Å². The van der Waals surface area contributed by atoms with Gasteiger partial charge in [-0.15, -0.1) is 0 Å². The largest absolute Gasteiger partial charge is 0.491 e. The van der Waals surface area contributed by atoms with Gasteiger partial charge in [-0.3, -0.25) is 4.79 Å². The summed E-state index contributed by atoms with van der Waals surface area (Å²) in [5, 5.41) is 20.8. The van der Waals surface area contributed by atoms with E-state index >= 15 is 0 Å². The van der Waals surface area contributed by atoms with Gasteiger partial charge in [-0.25, -0.2) is 0 Å². The lowest BCUT2D eigenvalue weighted by Crippen LogP contribution is -2.24. The molecule has 0 radical (unpaired) electrons. The normalized spacial score (nSPS) is 30.8. The highest BCUT2D eigenvalue weighted by molar-refractivity contribution is 6.30. The first-order chi connectivity index (χ1) is 11.0. The number of hydrogen-bond acceptors (Lipinski definition) is 5. The van der Waals surface area contributed by atoms with E-state index in [1.807, 2.05) is 0 Å². The molecule has 0 amide bonds. The Morgan fingerprint density at radius 1 is 1.43 bits per heavy atom. The van der Waals surface area contributed by atoms with Gasteiger partial charge in [-0.2, -0.15) is 0 Å². The summed E-state index contributed by atoms with van der Waals surface area (Å²) in [6.45, 7) is 0.173. The highest BCUT2D eigenvalue weighted by Crippen LogP contribution is 2.43. The fraction of sp³-hybridized carbons (Fsp3) is 0.588. The molecule has 3 rings (SSSR count). The molecule has 0 aromatic heterocycles. The Kier molecular flexibility index (Phi) is 5.09. The second-order valence-corrected chi connectivity index (χ2v) is 6.80. The van der Waals surface area contributed by atoms with Crippen LogP contribution in [-0.4, -0.2) is 41.1 Å². The van der Waals surface area contributed by atoms with Crippen molar-refractivity contribution in [1.82, 2.24) is 0 Å². The number of carbonyl (C=O) groups excluding carboxylic acids is 1. The average molecular weight is 341 g/mol. The van der Waals surface area contributed by atoms with Crippen LogP contribution in [-0.2, 0) is 9.53 Å². The summed E-state index contributed by atoms with van der Waals surface area (Å²) in [5.74, 6) is 0.528. The standard InChI is InChI=1S/C17H21ClO5/c18-10-2-1-3-12(6-10)22-9-11(19)4-5-13-14-7-17(21)23-16(14)8-15(13)20/h1-3,6,11,13-16,19-20H,4-5,7-9H2. The molecule has 5 atom stereocenters. The Labute approximate surface area is 140 Å². The molecule has 2 N–H and O–H groups in total.